The molecule has 0 atom stereocenters. The maximum absolute atomic E-state index is 6.33. The highest BCUT2D eigenvalue weighted by molar-refractivity contribution is 7.25. The Hall–Kier alpha value is -7.66. The zero-order valence-corrected chi connectivity index (χ0v) is 33.3. The monoisotopic (exact) mass is 784 g/mol. The predicted molar refractivity (Wildman–Crippen MR) is 256 cm³/mol. The Balaban J connectivity index is 1.15. The van der Waals surface area contributed by atoms with Crippen LogP contribution in [0.3, 0.4) is 0 Å². The van der Waals surface area contributed by atoms with Gasteiger partial charge in [-0.25, -0.2) is 0 Å². The van der Waals surface area contributed by atoms with Gasteiger partial charge in [-0.3, -0.25) is 0 Å². The quantitative estimate of drug-likeness (QED) is 0.150. The maximum atomic E-state index is 6.33. The Morgan fingerprint density at radius 2 is 0.850 bits per heavy atom. The van der Waals surface area contributed by atoms with E-state index in [0.29, 0.717) is 0 Å². The average Bonchev–Trinajstić information content (AvgIpc) is 3.87. The first-order valence-corrected chi connectivity index (χ1v) is 21.1. The van der Waals surface area contributed by atoms with Crippen LogP contribution in [0.5, 0.6) is 0 Å². The molecule has 0 saturated carbocycles. The van der Waals surface area contributed by atoms with E-state index in [0.717, 1.165) is 61.6 Å². The van der Waals surface area contributed by atoms with Gasteiger partial charge in [0.2, 0.25) is 0 Å². The minimum atomic E-state index is 0.872. The van der Waals surface area contributed by atoms with Crippen molar-refractivity contribution in [3.63, 3.8) is 0 Å². The van der Waals surface area contributed by atoms with Crippen molar-refractivity contribution in [3.8, 4) is 11.1 Å². The SMILES string of the molecule is c1ccc(N(c2cc(-c3cc4ccccc4c4ccccc34)cc(N(c3ccccc3)c3ccc4oc5ccccc5c4c3)c2)c2ccc3c(c2)sc2ccccc23)cc1. The molecule has 0 aliphatic rings. The highest BCUT2D eigenvalue weighted by Gasteiger charge is 2.22. The maximum Gasteiger partial charge on any atom is 0.135 e. The number of rotatable bonds is 7. The zero-order valence-electron chi connectivity index (χ0n) is 32.5. The van der Waals surface area contributed by atoms with Crippen LogP contribution in [0.1, 0.15) is 0 Å². The number of fused-ring (bicyclic) bond motifs is 9. The summed E-state index contributed by atoms with van der Waals surface area (Å²) in [6.45, 7) is 0. The molecular formula is C56H36N2OS. The molecule has 2 aromatic heterocycles. The molecule has 0 aliphatic heterocycles. The van der Waals surface area contributed by atoms with Crippen molar-refractivity contribution in [2.45, 2.75) is 0 Å². The first-order valence-electron chi connectivity index (χ1n) is 20.3. The van der Waals surface area contributed by atoms with Crippen LogP contribution in [-0.2, 0) is 0 Å². The summed E-state index contributed by atoms with van der Waals surface area (Å²) in [5.74, 6) is 0. The molecular weight excluding hydrogens is 749 g/mol. The smallest absolute Gasteiger partial charge is 0.135 e. The van der Waals surface area contributed by atoms with Crippen molar-refractivity contribution >= 4 is 109 Å². The van der Waals surface area contributed by atoms with Crippen molar-refractivity contribution in [2.75, 3.05) is 9.80 Å². The van der Waals surface area contributed by atoms with Gasteiger partial charge in [-0.05, 0) is 124 Å². The third-order valence-electron chi connectivity index (χ3n) is 11.8. The summed E-state index contributed by atoms with van der Waals surface area (Å²) in [4.78, 5) is 4.80. The second kappa shape index (κ2) is 14.0. The number of benzene rings is 10. The molecule has 60 heavy (non-hydrogen) atoms. The number of hydrogen-bond donors (Lipinski definition) is 0. The number of nitrogens with zero attached hydrogens (tertiary/aromatic N) is 2. The molecule has 4 heteroatoms. The molecule has 12 rings (SSSR count). The van der Waals surface area contributed by atoms with E-state index in [1.54, 1.807) is 0 Å². The lowest BCUT2D eigenvalue weighted by Gasteiger charge is -2.30. The summed E-state index contributed by atoms with van der Waals surface area (Å²) in [7, 11) is 0. The Morgan fingerprint density at radius 1 is 0.300 bits per heavy atom. The number of furan rings is 1. The van der Waals surface area contributed by atoms with E-state index in [1.807, 2.05) is 23.5 Å². The van der Waals surface area contributed by atoms with Gasteiger partial charge < -0.3 is 14.2 Å². The Morgan fingerprint density at radius 3 is 1.60 bits per heavy atom. The molecule has 3 nitrogen and oxygen atoms in total. The zero-order chi connectivity index (χ0) is 39.6. The van der Waals surface area contributed by atoms with E-state index in [-0.39, 0.29) is 0 Å². The second-order valence-corrected chi connectivity index (χ2v) is 16.4. The summed E-state index contributed by atoms with van der Waals surface area (Å²) < 4.78 is 8.88. The number of thiophene rings is 1. The Labute approximate surface area is 351 Å². The number of hydrogen-bond acceptors (Lipinski definition) is 4. The average molecular weight is 785 g/mol. The van der Waals surface area contributed by atoms with Crippen molar-refractivity contribution in [2.24, 2.45) is 0 Å². The van der Waals surface area contributed by atoms with Crippen LogP contribution in [0.25, 0.3) is 74.8 Å². The van der Waals surface area contributed by atoms with Crippen LogP contribution in [0.4, 0.5) is 34.1 Å². The fraction of sp³-hybridized carbons (Fsp3) is 0. The standard InChI is InChI=1S/C56H36N2OS/c1-3-16-39(17-4-1)57(41-28-30-54-52(35-41)48-23-11-13-25-53(48)59-54)43-31-38(51-33-37-15-7-8-20-45(37)46-21-9-10-22-47(46)51)32-44(34-43)58(40-18-5-2-6-19-40)42-27-29-50-49-24-12-14-26-55(49)60-56(50)36-42/h1-36H. The predicted octanol–water partition coefficient (Wildman–Crippen LogP) is 16.9. The highest BCUT2D eigenvalue weighted by atomic mass is 32.1. The van der Waals surface area contributed by atoms with Gasteiger partial charge in [-0.1, -0.05) is 127 Å². The molecule has 0 radical (unpaired) electrons. The fourth-order valence-electron chi connectivity index (χ4n) is 9.06. The van der Waals surface area contributed by atoms with Gasteiger partial charge in [-0.15, -0.1) is 11.3 Å². The lowest BCUT2D eigenvalue weighted by atomic mass is 9.92. The topological polar surface area (TPSA) is 19.6 Å². The molecule has 0 unspecified atom stereocenters. The number of anilines is 6. The molecule has 10 aromatic carbocycles. The van der Waals surface area contributed by atoms with Crippen molar-refractivity contribution in [1.82, 2.24) is 0 Å². The van der Waals surface area contributed by atoms with Crippen molar-refractivity contribution < 1.29 is 4.42 Å². The molecule has 2 heterocycles. The third kappa shape index (κ3) is 5.72. The van der Waals surface area contributed by atoms with Crippen molar-refractivity contribution in [1.29, 1.82) is 0 Å². The molecule has 0 N–H and O–H groups in total. The minimum Gasteiger partial charge on any atom is -0.456 e. The lowest BCUT2D eigenvalue weighted by Crippen LogP contribution is -2.13. The first-order chi connectivity index (χ1) is 29.7. The molecule has 0 aliphatic carbocycles. The summed E-state index contributed by atoms with van der Waals surface area (Å²) in [5, 5.41) is 9.69. The van der Waals surface area contributed by atoms with Crippen LogP contribution in [-0.4, -0.2) is 0 Å². The second-order valence-electron chi connectivity index (χ2n) is 15.3. The van der Waals surface area contributed by atoms with Gasteiger partial charge in [0.25, 0.3) is 0 Å². The van der Waals surface area contributed by atoms with E-state index in [4.69, 9.17) is 4.42 Å². The van der Waals surface area contributed by atoms with Gasteiger partial charge in [-0.2, -0.15) is 0 Å². The lowest BCUT2D eigenvalue weighted by molar-refractivity contribution is 0.669. The first kappa shape index (κ1) is 34.4. The number of para-hydroxylation sites is 3. The van der Waals surface area contributed by atoms with E-state index >= 15 is 0 Å². The van der Waals surface area contributed by atoms with Gasteiger partial charge in [0, 0.05) is 65.1 Å². The minimum absolute atomic E-state index is 0.872. The molecule has 282 valence electrons. The summed E-state index contributed by atoms with van der Waals surface area (Å²) in [5.41, 5.74) is 10.5. The van der Waals surface area contributed by atoms with Gasteiger partial charge in [0.05, 0.1) is 0 Å². The van der Waals surface area contributed by atoms with Crippen LogP contribution < -0.4 is 9.80 Å². The summed E-state index contributed by atoms with van der Waals surface area (Å²) in [6.07, 6.45) is 0. The normalized spacial score (nSPS) is 11.7. The summed E-state index contributed by atoms with van der Waals surface area (Å²) >= 11 is 1.85. The van der Waals surface area contributed by atoms with Crippen LogP contribution in [0, 0.1) is 0 Å². The van der Waals surface area contributed by atoms with E-state index < -0.39 is 0 Å². The molecule has 12 aromatic rings. The molecule has 0 fully saturated rings. The molecule has 0 bridgehead atoms. The molecule has 0 spiro atoms. The Bertz CT molecular complexity index is 3570. The van der Waals surface area contributed by atoms with Crippen LogP contribution >= 0.6 is 11.3 Å². The fourth-order valence-corrected chi connectivity index (χ4v) is 10.2. The summed E-state index contributed by atoms with van der Waals surface area (Å²) in [6, 6.07) is 79.0. The van der Waals surface area contributed by atoms with Crippen LogP contribution in [0.2, 0.25) is 0 Å². The van der Waals surface area contributed by atoms with Crippen molar-refractivity contribution in [3.05, 3.63) is 218 Å². The van der Waals surface area contributed by atoms with Gasteiger partial charge in [0.15, 0.2) is 0 Å². The molecule has 0 amide bonds. The molecule has 0 saturated heterocycles. The van der Waals surface area contributed by atoms with E-state index in [2.05, 4.69) is 216 Å². The Kier molecular flexibility index (Phi) is 8.03. The van der Waals surface area contributed by atoms with Gasteiger partial charge in [0.1, 0.15) is 11.2 Å². The largest absolute Gasteiger partial charge is 0.456 e. The highest BCUT2D eigenvalue weighted by Crippen LogP contribution is 2.47. The van der Waals surface area contributed by atoms with Crippen LogP contribution in [0.15, 0.2) is 223 Å². The van der Waals surface area contributed by atoms with Gasteiger partial charge >= 0.3 is 0 Å². The third-order valence-corrected chi connectivity index (χ3v) is 12.9. The van der Waals surface area contributed by atoms with E-state index in [1.165, 1.54) is 47.3 Å². The van der Waals surface area contributed by atoms with E-state index in [9.17, 15) is 0 Å².